The Morgan fingerprint density at radius 1 is 1.10 bits per heavy atom. The Balaban J connectivity index is 1.84. The third-order valence-corrected chi connectivity index (χ3v) is 5.62. The second-order valence-electron chi connectivity index (χ2n) is 7.57. The molecule has 0 N–H and O–H groups in total. The van der Waals surface area contributed by atoms with Gasteiger partial charge in [-0.3, -0.25) is 9.69 Å². The number of para-hydroxylation sites is 1. The van der Waals surface area contributed by atoms with E-state index in [1.54, 1.807) is 4.90 Å². The summed E-state index contributed by atoms with van der Waals surface area (Å²) in [4.78, 5) is 20.1. The molecule has 1 aliphatic rings. The molecule has 5 heteroatoms. The molecular formula is C24H28N2O2S. The maximum Gasteiger partial charge on any atom is 0.266 e. The summed E-state index contributed by atoms with van der Waals surface area (Å²) in [5.41, 5.74) is 4.13. The third-order valence-electron chi connectivity index (χ3n) is 4.61. The molecule has 29 heavy (non-hydrogen) atoms. The molecule has 1 aliphatic heterocycles. The average Bonchev–Trinajstić information content (AvgIpc) is 2.98. The highest BCUT2D eigenvalue weighted by molar-refractivity contribution is 8.18. The van der Waals surface area contributed by atoms with Crippen LogP contribution in [0.4, 0.5) is 5.69 Å². The lowest BCUT2D eigenvalue weighted by Gasteiger charge is -2.13. The molecule has 2 aromatic carbocycles. The molecule has 1 amide bonds. The van der Waals surface area contributed by atoms with Crippen LogP contribution in [0.1, 0.15) is 37.5 Å². The topological polar surface area (TPSA) is 41.9 Å². The Bertz CT molecular complexity index is 926. The molecule has 1 fully saturated rings. The number of carbonyl (C=O) groups excluding carboxylic acids is 1. The fourth-order valence-electron chi connectivity index (χ4n) is 3.02. The second-order valence-corrected chi connectivity index (χ2v) is 8.58. The Morgan fingerprint density at radius 2 is 1.76 bits per heavy atom. The number of nitrogens with zero attached hydrogens (tertiary/aromatic N) is 2. The first-order valence-electron chi connectivity index (χ1n) is 9.98. The number of hydrogen-bond donors (Lipinski definition) is 0. The predicted octanol–water partition coefficient (Wildman–Crippen LogP) is 5.96. The Hall–Kier alpha value is -2.53. The predicted molar refractivity (Wildman–Crippen MR) is 123 cm³/mol. The zero-order valence-corrected chi connectivity index (χ0v) is 18.5. The SMILES string of the molecule is CCN1C(=O)/C(=C\c2ccc(OCC(C)C)cc2)SC1=Nc1c(C)cccc1C. The van der Waals surface area contributed by atoms with Gasteiger partial charge in [0.2, 0.25) is 0 Å². The maximum absolute atomic E-state index is 12.9. The second kappa shape index (κ2) is 9.31. The number of aryl methyl sites for hydroxylation is 2. The number of amides is 1. The first-order chi connectivity index (χ1) is 13.9. The average molecular weight is 409 g/mol. The van der Waals surface area contributed by atoms with Crippen molar-refractivity contribution in [2.45, 2.75) is 34.6 Å². The van der Waals surface area contributed by atoms with Crippen LogP contribution in [0.5, 0.6) is 5.75 Å². The highest BCUT2D eigenvalue weighted by atomic mass is 32.2. The van der Waals surface area contributed by atoms with Gasteiger partial charge in [-0.15, -0.1) is 0 Å². The number of hydrogen-bond acceptors (Lipinski definition) is 4. The van der Waals surface area contributed by atoms with Crippen LogP contribution in [0, 0.1) is 19.8 Å². The normalized spacial score (nSPS) is 17.0. The third kappa shape index (κ3) is 5.10. The lowest BCUT2D eigenvalue weighted by molar-refractivity contribution is -0.122. The van der Waals surface area contributed by atoms with Gasteiger partial charge < -0.3 is 4.74 Å². The highest BCUT2D eigenvalue weighted by Crippen LogP contribution is 2.35. The van der Waals surface area contributed by atoms with E-state index in [0.717, 1.165) is 33.3 Å². The van der Waals surface area contributed by atoms with Crippen molar-refractivity contribution < 1.29 is 9.53 Å². The van der Waals surface area contributed by atoms with Crippen LogP contribution < -0.4 is 4.74 Å². The summed E-state index contributed by atoms with van der Waals surface area (Å²) in [5.74, 6) is 1.33. The number of thioether (sulfide) groups is 1. The molecule has 0 aromatic heterocycles. The van der Waals surface area contributed by atoms with E-state index in [2.05, 4.69) is 13.8 Å². The van der Waals surface area contributed by atoms with E-state index in [1.807, 2.05) is 69.3 Å². The number of amidine groups is 1. The molecule has 0 saturated carbocycles. The van der Waals surface area contributed by atoms with Crippen LogP contribution in [-0.4, -0.2) is 29.1 Å². The van der Waals surface area contributed by atoms with E-state index in [-0.39, 0.29) is 5.91 Å². The zero-order chi connectivity index (χ0) is 21.0. The monoisotopic (exact) mass is 408 g/mol. The first-order valence-corrected chi connectivity index (χ1v) is 10.8. The smallest absolute Gasteiger partial charge is 0.266 e. The maximum atomic E-state index is 12.9. The molecule has 0 unspecified atom stereocenters. The summed E-state index contributed by atoms with van der Waals surface area (Å²) >= 11 is 1.43. The van der Waals surface area contributed by atoms with Crippen molar-refractivity contribution in [2.75, 3.05) is 13.2 Å². The van der Waals surface area contributed by atoms with Crippen molar-refractivity contribution in [1.29, 1.82) is 0 Å². The minimum absolute atomic E-state index is 0.00243. The van der Waals surface area contributed by atoms with Crippen molar-refractivity contribution in [1.82, 2.24) is 4.90 Å². The van der Waals surface area contributed by atoms with Gasteiger partial charge in [0.25, 0.3) is 5.91 Å². The number of rotatable bonds is 6. The standard InChI is InChI=1S/C24H28N2O2S/c1-6-26-23(27)21(14-19-10-12-20(13-11-19)28-15-16(2)3)29-24(26)25-22-17(4)8-7-9-18(22)5/h7-14,16H,6,15H2,1-5H3/b21-14+,25-24?. The minimum atomic E-state index is 0.00243. The molecule has 0 spiro atoms. The van der Waals surface area contributed by atoms with Gasteiger partial charge >= 0.3 is 0 Å². The molecule has 3 rings (SSSR count). The Kier molecular flexibility index (Phi) is 6.80. The molecule has 152 valence electrons. The van der Waals surface area contributed by atoms with E-state index in [0.29, 0.717) is 24.0 Å². The van der Waals surface area contributed by atoms with Crippen molar-refractivity contribution in [3.8, 4) is 5.75 Å². The van der Waals surface area contributed by atoms with Crippen LogP contribution in [-0.2, 0) is 4.79 Å². The number of aliphatic imine (C=N–C) groups is 1. The van der Waals surface area contributed by atoms with E-state index < -0.39 is 0 Å². The van der Waals surface area contributed by atoms with Crippen LogP contribution >= 0.6 is 11.8 Å². The van der Waals surface area contributed by atoms with Crippen molar-refractivity contribution in [3.05, 3.63) is 64.1 Å². The van der Waals surface area contributed by atoms with E-state index in [1.165, 1.54) is 11.8 Å². The molecule has 1 saturated heterocycles. The van der Waals surface area contributed by atoms with Gasteiger partial charge in [-0.2, -0.15) is 0 Å². The van der Waals surface area contributed by atoms with Gasteiger partial charge in [0, 0.05) is 6.54 Å². The van der Waals surface area contributed by atoms with Crippen molar-refractivity contribution in [3.63, 3.8) is 0 Å². The molecule has 1 heterocycles. The molecule has 0 radical (unpaired) electrons. The van der Waals surface area contributed by atoms with Gasteiger partial charge in [-0.1, -0.05) is 44.2 Å². The zero-order valence-electron chi connectivity index (χ0n) is 17.7. The van der Waals surface area contributed by atoms with E-state index in [4.69, 9.17) is 9.73 Å². The van der Waals surface area contributed by atoms with E-state index in [9.17, 15) is 4.79 Å². The van der Waals surface area contributed by atoms with Crippen molar-refractivity contribution in [2.24, 2.45) is 10.9 Å². The van der Waals surface area contributed by atoms with Crippen LogP contribution in [0.3, 0.4) is 0 Å². The lowest BCUT2D eigenvalue weighted by atomic mass is 10.1. The molecule has 0 atom stereocenters. The number of benzene rings is 2. The van der Waals surface area contributed by atoms with Gasteiger partial charge in [-0.25, -0.2) is 4.99 Å². The number of ether oxygens (including phenoxy) is 1. The largest absolute Gasteiger partial charge is 0.493 e. The van der Waals surface area contributed by atoms with E-state index >= 15 is 0 Å². The van der Waals surface area contributed by atoms with Crippen LogP contribution in [0.15, 0.2) is 52.4 Å². The fourth-order valence-corrected chi connectivity index (χ4v) is 4.07. The Morgan fingerprint density at radius 3 is 2.34 bits per heavy atom. The van der Waals surface area contributed by atoms with Gasteiger partial charge in [-0.05, 0) is 73.4 Å². The Labute approximate surface area is 177 Å². The summed E-state index contributed by atoms with van der Waals surface area (Å²) < 4.78 is 5.73. The van der Waals surface area contributed by atoms with Crippen LogP contribution in [0.2, 0.25) is 0 Å². The van der Waals surface area contributed by atoms with Gasteiger partial charge in [0.05, 0.1) is 17.2 Å². The molecule has 4 nitrogen and oxygen atoms in total. The van der Waals surface area contributed by atoms with Crippen LogP contribution in [0.25, 0.3) is 6.08 Å². The lowest BCUT2D eigenvalue weighted by Crippen LogP contribution is -2.28. The quantitative estimate of drug-likeness (QED) is 0.554. The first kappa shape index (κ1) is 21.2. The summed E-state index contributed by atoms with van der Waals surface area (Å²) in [5, 5.41) is 0.734. The number of likely N-dealkylation sites (N-methyl/N-ethyl adjacent to an activating group) is 1. The fraction of sp³-hybridized carbons (Fsp3) is 0.333. The summed E-state index contributed by atoms with van der Waals surface area (Å²) in [6.45, 7) is 11.6. The van der Waals surface area contributed by atoms with Gasteiger partial charge in [0.15, 0.2) is 5.17 Å². The number of carbonyl (C=O) groups is 1. The molecule has 0 aliphatic carbocycles. The highest BCUT2D eigenvalue weighted by Gasteiger charge is 2.32. The summed E-state index contributed by atoms with van der Waals surface area (Å²) in [6, 6.07) is 14.0. The molecule has 0 bridgehead atoms. The summed E-state index contributed by atoms with van der Waals surface area (Å²) in [6.07, 6.45) is 1.93. The summed E-state index contributed by atoms with van der Waals surface area (Å²) in [7, 11) is 0. The van der Waals surface area contributed by atoms with Crippen molar-refractivity contribution >= 4 is 34.6 Å². The molecular weight excluding hydrogens is 380 g/mol. The minimum Gasteiger partial charge on any atom is -0.493 e. The molecule has 2 aromatic rings. The van der Waals surface area contributed by atoms with Gasteiger partial charge in [0.1, 0.15) is 5.75 Å².